The Hall–Kier alpha value is -2.59. The molecule has 0 aliphatic carbocycles. The Morgan fingerprint density at radius 1 is 0.864 bits per heavy atom. The van der Waals surface area contributed by atoms with Crippen molar-refractivity contribution in [2.24, 2.45) is 0 Å². The molecule has 4 heteroatoms. The van der Waals surface area contributed by atoms with E-state index in [9.17, 15) is 0 Å². The van der Waals surface area contributed by atoms with Gasteiger partial charge in [0.05, 0.1) is 6.26 Å². The first-order valence-electron chi connectivity index (χ1n) is 7.04. The van der Waals surface area contributed by atoms with Crippen molar-refractivity contribution in [1.29, 1.82) is 0 Å². The van der Waals surface area contributed by atoms with Crippen molar-refractivity contribution in [3.05, 3.63) is 90.4 Å². The van der Waals surface area contributed by atoms with Crippen LogP contribution < -0.4 is 10.6 Å². The van der Waals surface area contributed by atoms with Crippen molar-refractivity contribution in [3.8, 4) is 0 Å². The third-order valence-electron chi connectivity index (χ3n) is 3.27. The van der Waals surface area contributed by atoms with E-state index in [1.54, 1.807) is 6.26 Å². The van der Waals surface area contributed by atoms with Gasteiger partial charge in [-0.3, -0.25) is 0 Å². The minimum absolute atomic E-state index is 0.125. The number of hydrogen-bond donors (Lipinski definition) is 2. The van der Waals surface area contributed by atoms with Crippen LogP contribution in [0.25, 0.3) is 0 Å². The van der Waals surface area contributed by atoms with E-state index in [1.165, 1.54) is 0 Å². The zero-order valence-electron chi connectivity index (χ0n) is 11.9. The number of furan rings is 1. The number of para-hydroxylation sites is 1. The SMILES string of the molecule is S=C(Nc1ccccc1)N[C@H](c1ccccc1)c1ccco1. The van der Waals surface area contributed by atoms with Crippen LogP contribution in [0.1, 0.15) is 17.4 Å². The predicted molar refractivity (Wildman–Crippen MR) is 92.8 cm³/mol. The van der Waals surface area contributed by atoms with Gasteiger partial charge in [-0.25, -0.2) is 0 Å². The topological polar surface area (TPSA) is 37.2 Å². The summed E-state index contributed by atoms with van der Waals surface area (Å²) in [4.78, 5) is 0. The fourth-order valence-corrected chi connectivity index (χ4v) is 2.48. The quantitative estimate of drug-likeness (QED) is 0.702. The van der Waals surface area contributed by atoms with E-state index in [1.807, 2.05) is 72.8 Å². The summed E-state index contributed by atoms with van der Waals surface area (Å²) < 4.78 is 5.55. The predicted octanol–water partition coefficient (Wildman–Crippen LogP) is 4.36. The summed E-state index contributed by atoms with van der Waals surface area (Å²) in [5, 5.41) is 7.05. The average molecular weight is 308 g/mol. The number of benzene rings is 2. The normalized spacial score (nSPS) is 11.6. The summed E-state index contributed by atoms with van der Waals surface area (Å²) in [6, 6.07) is 23.6. The van der Waals surface area contributed by atoms with Crippen molar-refractivity contribution in [2.75, 3.05) is 5.32 Å². The Labute approximate surface area is 135 Å². The molecule has 0 radical (unpaired) electrons. The monoisotopic (exact) mass is 308 g/mol. The maximum atomic E-state index is 5.55. The molecule has 0 saturated carbocycles. The van der Waals surface area contributed by atoms with Gasteiger partial charge in [0.15, 0.2) is 5.11 Å². The molecule has 3 aromatic rings. The van der Waals surface area contributed by atoms with Gasteiger partial charge in [-0.15, -0.1) is 0 Å². The summed E-state index contributed by atoms with van der Waals surface area (Å²) in [6.45, 7) is 0. The molecule has 1 aromatic heterocycles. The average Bonchev–Trinajstić information content (AvgIpc) is 3.08. The van der Waals surface area contributed by atoms with Crippen molar-refractivity contribution in [3.63, 3.8) is 0 Å². The number of thiocarbonyl (C=S) groups is 1. The second-order valence-electron chi connectivity index (χ2n) is 4.82. The van der Waals surface area contributed by atoms with Crippen molar-refractivity contribution in [1.82, 2.24) is 5.32 Å². The third kappa shape index (κ3) is 3.54. The lowest BCUT2D eigenvalue weighted by Gasteiger charge is -2.19. The van der Waals surface area contributed by atoms with Crippen LogP contribution in [0, 0.1) is 0 Å². The molecule has 22 heavy (non-hydrogen) atoms. The van der Waals surface area contributed by atoms with Gasteiger partial charge in [0.25, 0.3) is 0 Å². The number of nitrogens with one attached hydrogen (secondary N) is 2. The summed E-state index contributed by atoms with van der Waals surface area (Å²) in [6.07, 6.45) is 1.67. The van der Waals surface area contributed by atoms with Crippen molar-refractivity contribution >= 4 is 23.0 Å². The molecular weight excluding hydrogens is 292 g/mol. The van der Waals surface area contributed by atoms with Crippen LogP contribution in [0.3, 0.4) is 0 Å². The Morgan fingerprint density at radius 2 is 1.55 bits per heavy atom. The zero-order chi connectivity index (χ0) is 15.2. The Kier molecular flexibility index (Phi) is 4.51. The van der Waals surface area contributed by atoms with Crippen LogP contribution in [0.4, 0.5) is 5.69 Å². The van der Waals surface area contributed by atoms with E-state index >= 15 is 0 Å². The molecule has 110 valence electrons. The lowest BCUT2D eigenvalue weighted by Crippen LogP contribution is -2.32. The molecule has 0 aliphatic rings. The molecule has 0 fully saturated rings. The van der Waals surface area contributed by atoms with Crippen LogP contribution in [-0.2, 0) is 0 Å². The van der Waals surface area contributed by atoms with Gasteiger partial charge in [0.2, 0.25) is 0 Å². The highest BCUT2D eigenvalue weighted by Crippen LogP contribution is 2.22. The number of rotatable bonds is 4. The molecule has 2 aromatic carbocycles. The van der Waals surface area contributed by atoms with Crippen LogP contribution >= 0.6 is 12.2 Å². The van der Waals surface area contributed by atoms with Gasteiger partial charge in [0, 0.05) is 5.69 Å². The van der Waals surface area contributed by atoms with E-state index in [2.05, 4.69) is 10.6 Å². The lowest BCUT2D eigenvalue weighted by atomic mass is 10.1. The van der Waals surface area contributed by atoms with E-state index in [0.29, 0.717) is 5.11 Å². The minimum Gasteiger partial charge on any atom is -0.467 e. The molecule has 0 unspecified atom stereocenters. The molecule has 0 amide bonds. The second-order valence-corrected chi connectivity index (χ2v) is 5.23. The Morgan fingerprint density at radius 3 is 2.18 bits per heavy atom. The summed E-state index contributed by atoms with van der Waals surface area (Å²) >= 11 is 5.42. The van der Waals surface area contributed by atoms with Crippen LogP contribution in [0.15, 0.2) is 83.5 Å². The van der Waals surface area contributed by atoms with E-state index in [-0.39, 0.29) is 6.04 Å². The molecule has 0 saturated heterocycles. The third-order valence-corrected chi connectivity index (χ3v) is 3.49. The molecule has 3 rings (SSSR count). The van der Waals surface area contributed by atoms with Crippen LogP contribution in [0.2, 0.25) is 0 Å². The second kappa shape index (κ2) is 6.91. The molecule has 2 N–H and O–H groups in total. The van der Waals surface area contributed by atoms with Gasteiger partial charge in [-0.2, -0.15) is 0 Å². The van der Waals surface area contributed by atoms with Gasteiger partial charge >= 0.3 is 0 Å². The smallest absolute Gasteiger partial charge is 0.171 e. The molecule has 1 heterocycles. The summed E-state index contributed by atoms with van der Waals surface area (Å²) in [5.74, 6) is 0.823. The first-order valence-corrected chi connectivity index (χ1v) is 7.44. The summed E-state index contributed by atoms with van der Waals surface area (Å²) in [5.41, 5.74) is 2.04. The highest BCUT2D eigenvalue weighted by Gasteiger charge is 2.17. The number of anilines is 1. The Balaban J connectivity index is 1.77. The Bertz CT molecular complexity index is 711. The van der Waals surface area contributed by atoms with Gasteiger partial charge < -0.3 is 15.1 Å². The van der Waals surface area contributed by atoms with E-state index in [4.69, 9.17) is 16.6 Å². The lowest BCUT2D eigenvalue weighted by molar-refractivity contribution is 0.476. The van der Waals surface area contributed by atoms with Gasteiger partial charge in [-0.1, -0.05) is 48.5 Å². The largest absolute Gasteiger partial charge is 0.467 e. The van der Waals surface area contributed by atoms with Crippen molar-refractivity contribution < 1.29 is 4.42 Å². The highest BCUT2D eigenvalue weighted by atomic mass is 32.1. The minimum atomic E-state index is -0.125. The fraction of sp³-hybridized carbons (Fsp3) is 0.0556. The van der Waals surface area contributed by atoms with Gasteiger partial charge in [-0.05, 0) is 42.0 Å². The van der Waals surface area contributed by atoms with Crippen molar-refractivity contribution in [2.45, 2.75) is 6.04 Å². The molecule has 0 spiro atoms. The highest BCUT2D eigenvalue weighted by molar-refractivity contribution is 7.80. The number of hydrogen-bond acceptors (Lipinski definition) is 2. The molecule has 0 bridgehead atoms. The molecule has 0 aliphatic heterocycles. The fourth-order valence-electron chi connectivity index (χ4n) is 2.24. The maximum absolute atomic E-state index is 5.55. The van der Waals surface area contributed by atoms with Gasteiger partial charge in [0.1, 0.15) is 11.8 Å². The van der Waals surface area contributed by atoms with Crippen LogP contribution in [-0.4, -0.2) is 5.11 Å². The van der Waals surface area contributed by atoms with Crippen LogP contribution in [0.5, 0.6) is 0 Å². The standard InChI is InChI=1S/C18H16N2OS/c22-18(19-15-10-5-2-6-11-15)20-17(16-12-7-13-21-16)14-8-3-1-4-9-14/h1-13,17H,(H2,19,20,22)/t17-/m1/s1. The zero-order valence-corrected chi connectivity index (χ0v) is 12.7. The van der Waals surface area contributed by atoms with E-state index in [0.717, 1.165) is 17.0 Å². The summed E-state index contributed by atoms with van der Waals surface area (Å²) in [7, 11) is 0. The maximum Gasteiger partial charge on any atom is 0.171 e. The first-order chi connectivity index (χ1) is 10.8. The molecule has 3 nitrogen and oxygen atoms in total. The first kappa shape index (κ1) is 14.4. The molecular formula is C18H16N2OS. The molecule has 1 atom stereocenters. The van der Waals surface area contributed by atoms with E-state index < -0.39 is 0 Å².